The molecule has 2 heterocycles. The van der Waals surface area contributed by atoms with Gasteiger partial charge in [0.2, 0.25) is 0 Å². The molecule has 1 aromatic carbocycles. The molecule has 0 unspecified atom stereocenters. The molecular formula is C15H19N2O2+. The summed E-state index contributed by atoms with van der Waals surface area (Å²) < 4.78 is 0.797. The zero-order chi connectivity index (χ0) is 13.5. The number of likely N-dealkylation sites (tertiary alicyclic amines) is 1. The van der Waals surface area contributed by atoms with Crippen molar-refractivity contribution < 1.29 is 14.1 Å². The number of nitrogens with zero attached hydrogens (tertiary/aromatic N) is 2. The van der Waals surface area contributed by atoms with E-state index in [1.807, 2.05) is 12.1 Å². The second-order valence-corrected chi connectivity index (χ2v) is 5.85. The van der Waals surface area contributed by atoms with Crippen LogP contribution in [-0.2, 0) is 0 Å². The van der Waals surface area contributed by atoms with Gasteiger partial charge in [0.25, 0.3) is 11.8 Å². The van der Waals surface area contributed by atoms with Crippen molar-refractivity contribution in [2.45, 2.75) is 19.3 Å². The van der Waals surface area contributed by atoms with E-state index in [2.05, 4.69) is 7.05 Å². The van der Waals surface area contributed by atoms with Crippen LogP contribution in [0.15, 0.2) is 24.3 Å². The predicted octanol–water partition coefficient (Wildman–Crippen LogP) is 1.87. The van der Waals surface area contributed by atoms with Gasteiger partial charge in [-0.1, -0.05) is 12.1 Å². The van der Waals surface area contributed by atoms with Crippen LogP contribution >= 0.6 is 0 Å². The molecule has 0 aromatic heterocycles. The zero-order valence-corrected chi connectivity index (χ0v) is 11.3. The summed E-state index contributed by atoms with van der Waals surface area (Å²) in [7, 11) is 2.14. The summed E-state index contributed by atoms with van der Waals surface area (Å²) in [5.41, 5.74) is 1.10. The third-order valence-corrected chi connectivity index (χ3v) is 4.26. The van der Waals surface area contributed by atoms with Crippen LogP contribution in [0.25, 0.3) is 0 Å². The maximum atomic E-state index is 12.3. The van der Waals surface area contributed by atoms with Crippen LogP contribution in [0.3, 0.4) is 0 Å². The minimum Gasteiger partial charge on any atom is -0.308 e. The average Bonchev–Trinajstić information content (AvgIpc) is 2.65. The molecule has 4 nitrogen and oxygen atoms in total. The molecule has 0 aliphatic carbocycles. The Bertz CT molecular complexity index is 498. The molecular weight excluding hydrogens is 240 g/mol. The number of carbonyl (C=O) groups is 2. The Morgan fingerprint density at radius 1 is 1.00 bits per heavy atom. The number of rotatable bonds is 2. The van der Waals surface area contributed by atoms with Crippen LogP contribution in [0.5, 0.6) is 0 Å². The molecule has 2 amide bonds. The number of imide groups is 1. The first-order valence-electron chi connectivity index (χ1n) is 6.89. The number of hydrogen-bond acceptors (Lipinski definition) is 2. The van der Waals surface area contributed by atoms with Crippen LogP contribution in [0.2, 0.25) is 0 Å². The summed E-state index contributed by atoms with van der Waals surface area (Å²) in [6.45, 7) is 2.60. The van der Waals surface area contributed by atoms with Gasteiger partial charge in [0.15, 0.2) is 6.67 Å². The topological polar surface area (TPSA) is 37.4 Å². The second-order valence-electron chi connectivity index (χ2n) is 5.85. The first-order valence-corrected chi connectivity index (χ1v) is 6.89. The molecule has 4 heteroatoms. The molecule has 0 atom stereocenters. The van der Waals surface area contributed by atoms with Crippen LogP contribution in [0, 0.1) is 0 Å². The van der Waals surface area contributed by atoms with Gasteiger partial charge < -0.3 is 4.48 Å². The molecule has 3 rings (SSSR count). The Hall–Kier alpha value is -1.68. The molecule has 1 aromatic rings. The fourth-order valence-electron chi connectivity index (χ4n) is 3.13. The van der Waals surface area contributed by atoms with Crippen molar-refractivity contribution in [3.63, 3.8) is 0 Å². The molecule has 1 saturated heterocycles. The standard InChI is InChI=1S/C15H19N2O2/c1-17(9-5-2-6-10-17)11-16-14(18)12-7-3-4-8-13(12)15(16)19/h3-4,7-8H,2,5-6,9-11H2,1H3/q+1. The van der Waals surface area contributed by atoms with E-state index in [1.165, 1.54) is 24.2 Å². The van der Waals surface area contributed by atoms with Crippen LogP contribution in [0.1, 0.15) is 40.0 Å². The van der Waals surface area contributed by atoms with Crippen molar-refractivity contribution in [3.8, 4) is 0 Å². The van der Waals surface area contributed by atoms with Gasteiger partial charge in [-0.2, -0.15) is 0 Å². The molecule has 100 valence electrons. The summed E-state index contributed by atoms with van der Waals surface area (Å²) in [5, 5.41) is 0. The zero-order valence-electron chi connectivity index (χ0n) is 11.3. The second kappa shape index (κ2) is 4.46. The van der Waals surface area contributed by atoms with Gasteiger partial charge in [-0.25, -0.2) is 4.90 Å². The van der Waals surface area contributed by atoms with Gasteiger partial charge in [0.1, 0.15) is 0 Å². The Morgan fingerprint density at radius 2 is 1.53 bits per heavy atom. The Kier molecular flexibility index (Phi) is 2.90. The fourth-order valence-corrected chi connectivity index (χ4v) is 3.13. The Morgan fingerprint density at radius 3 is 2.05 bits per heavy atom. The van der Waals surface area contributed by atoms with Crippen molar-refractivity contribution in [2.75, 3.05) is 26.8 Å². The smallest absolute Gasteiger partial charge is 0.265 e. The lowest BCUT2D eigenvalue weighted by Gasteiger charge is -2.39. The van der Waals surface area contributed by atoms with Gasteiger partial charge in [0.05, 0.1) is 31.3 Å². The lowest BCUT2D eigenvalue weighted by atomic mass is 10.1. The average molecular weight is 259 g/mol. The number of amides is 2. The highest BCUT2D eigenvalue weighted by atomic mass is 16.2. The monoisotopic (exact) mass is 259 g/mol. The van der Waals surface area contributed by atoms with Gasteiger partial charge >= 0.3 is 0 Å². The number of piperidine rings is 1. The molecule has 2 aliphatic heterocycles. The van der Waals surface area contributed by atoms with E-state index < -0.39 is 0 Å². The van der Waals surface area contributed by atoms with Crippen molar-refractivity contribution >= 4 is 11.8 Å². The molecule has 2 aliphatic rings. The van der Waals surface area contributed by atoms with Crippen molar-refractivity contribution in [1.29, 1.82) is 0 Å². The first kappa shape index (κ1) is 12.4. The summed E-state index contributed by atoms with van der Waals surface area (Å²) in [4.78, 5) is 26.1. The van der Waals surface area contributed by atoms with Crippen LogP contribution in [-0.4, -0.2) is 48.0 Å². The van der Waals surface area contributed by atoms with Gasteiger partial charge in [-0.3, -0.25) is 9.59 Å². The highest BCUT2D eigenvalue weighted by Gasteiger charge is 2.40. The van der Waals surface area contributed by atoms with Crippen molar-refractivity contribution in [1.82, 2.24) is 4.90 Å². The van der Waals surface area contributed by atoms with E-state index in [0.717, 1.165) is 17.6 Å². The molecule has 0 saturated carbocycles. The van der Waals surface area contributed by atoms with E-state index in [9.17, 15) is 9.59 Å². The van der Waals surface area contributed by atoms with E-state index in [1.54, 1.807) is 12.1 Å². The highest BCUT2D eigenvalue weighted by molar-refractivity contribution is 6.21. The number of fused-ring (bicyclic) bond motifs is 1. The number of quaternary nitrogens is 1. The summed E-state index contributed by atoms with van der Waals surface area (Å²) in [5.74, 6) is -0.268. The summed E-state index contributed by atoms with van der Waals surface area (Å²) in [6, 6.07) is 7.10. The largest absolute Gasteiger partial charge is 0.308 e. The van der Waals surface area contributed by atoms with Crippen molar-refractivity contribution in [2.24, 2.45) is 0 Å². The van der Waals surface area contributed by atoms with Gasteiger partial charge in [0, 0.05) is 0 Å². The normalized spacial score (nSPS) is 21.6. The molecule has 19 heavy (non-hydrogen) atoms. The third-order valence-electron chi connectivity index (χ3n) is 4.26. The molecule has 0 N–H and O–H groups in total. The minimum absolute atomic E-state index is 0.134. The number of benzene rings is 1. The molecule has 0 spiro atoms. The predicted molar refractivity (Wildman–Crippen MR) is 71.6 cm³/mol. The number of carbonyl (C=O) groups excluding carboxylic acids is 2. The summed E-state index contributed by atoms with van der Waals surface area (Å²) >= 11 is 0. The minimum atomic E-state index is -0.134. The lowest BCUT2D eigenvalue weighted by molar-refractivity contribution is -0.920. The van der Waals surface area contributed by atoms with E-state index in [4.69, 9.17) is 0 Å². The van der Waals surface area contributed by atoms with E-state index in [0.29, 0.717) is 17.8 Å². The lowest BCUT2D eigenvalue weighted by Crippen LogP contribution is -2.55. The van der Waals surface area contributed by atoms with Gasteiger partial charge in [-0.15, -0.1) is 0 Å². The SMILES string of the molecule is C[N+]1(CN2C(=O)c3ccccc3C2=O)CCCCC1. The highest BCUT2D eigenvalue weighted by Crippen LogP contribution is 2.25. The Labute approximate surface area is 113 Å². The third kappa shape index (κ3) is 2.06. The Balaban J connectivity index is 1.84. The maximum absolute atomic E-state index is 12.3. The maximum Gasteiger partial charge on any atom is 0.265 e. The van der Waals surface area contributed by atoms with Crippen LogP contribution < -0.4 is 0 Å². The first-order chi connectivity index (χ1) is 9.11. The molecule has 1 fully saturated rings. The number of hydrogen-bond donors (Lipinski definition) is 0. The fraction of sp³-hybridized carbons (Fsp3) is 0.467. The van der Waals surface area contributed by atoms with Crippen molar-refractivity contribution in [3.05, 3.63) is 35.4 Å². The molecule has 0 bridgehead atoms. The molecule has 0 radical (unpaired) electrons. The van der Waals surface area contributed by atoms with Crippen LogP contribution in [0.4, 0.5) is 0 Å². The van der Waals surface area contributed by atoms with E-state index >= 15 is 0 Å². The van der Waals surface area contributed by atoms with E-state index in [-0.39, 0.29) is 11.8 Å². The summed E-state index contributed by atoms with van der Waals surface area (Å²) in [6.07, 6.45) is 3.62. The van der Waals surface area contributed by atoms with Gasteiger partial charge in [-0.05, 0) is 31.4 Å². The quantitative estimate of drug-likeness (QED) is 0.600.